The van der Waals surface area contributed by atoms with Gasteiger partial charge in [-0.25, -0.2) is 4.98 Å². The van der Waals surface area contributed by atoms with E-state index in [1.165, 1.54) is 0 Å². The van der Waals surface area contributed by atoms with E-state index in [1.807, 2.05) is 13.0 Å². The van der Waals surface area contributed by atoms with E-state index < -0.39 is 0 Å². The number of hydrogen-bond acceptors (Lipinski definition) is 4. The summed E-state index contributed by atoms with van der Waals surface area (Å²) in [5.41, 5.74) is 4.24. The molecule has 1 aromatic heterocycles. The van der Waals surface area contributed by atoms with Gasteiger partial charge < -0.3 is 10.2 Å². The molecular weight excluding hydrogens is 142 g/mol. The Hall–Kier alpha value is -1.29. The van der Waals surface area contributed by atoms with Crippen molar-refractivity contribution in [1.29, 1.82) is 0 Å². The topological polar surface area (TPSA) is 60.2 Å². The van der Waals surface area contributed by atoms with Crippen LogP contribution >= 0.6 is 0 Å². The van der Waals surface area contributed by atoms with Crippen molar-refractivity contribution in [2.75, 3.05) is 12.5 Å². The third kappa shape index (κ3) is 1.59. The van der Waals surface area contributed by atoms with Gasteiger partial charge in [0.05, 0.1) is 7.11 Å². The van der Waals surface area contributed by atoms with Crippen molar-refractivity contribution < 1.29 is 4.74 Å². The number of hydrazine groups is 1. The first-order valence-corrected chi connectivity index (χ1v) is 3.25. The quantitative estimate of drug-likeness (QED) is 0.484. The highest BCUT2D eigenvalue weighted by Gasteiger charge is 2.00. The van der Waals surface area contributed by atoms with Crippen LogP contribution < -0.4 is 16.0 Å². The Kier molecular flexibility index (Phi) is 2.28. The Morgan fingerprint density at radius 1 is 1.64 bits per heavy atom. The molecule has 0 amide bonds. The molecule has 0 bridgehead atoms. The van der Waals surface area contributed by atoms with Crippen molar-refractivity contribution in [3.05, 3.63) is 17.8 Å². The van der Waals surface area contributed by atoms with E-state index in [-0.39, 0.29) is 0 Å². The summed E-state index contributed by atoms with van der Waals surface area (Å²) in [6.07, 6.45) is 1.72. The Labute approximate surface area is 65.4 Å². The first-order valence-electron chi connectivity index (χ1n) is 3.25. The highest BCUT2D eigenvalue weighted by molar-refractivity contribution is 5.52. The van der Waals surface area contributed by atoms with Gasteiger partial charge in [0.15, 0.2) is 0 Å². The molecule has 0 aliphatic carbocycles. The van der Waals surface area contributed by atoms with Gasteiger partial charge in [0.25, 0.3) is 0 Å². The lowest BCUT2D eigenvalue weighted by atomic mass is 10.3. The zero-order chi connectivity index (χ0) is 8.27. The Balaban J connectivity index is 3.06. The van der Waals surface area contributed by atoms with E-state index in [1.54, 1.807) is 13.3 Å². The van der Waals surface area contributed by atoms with Gasteiger partial charge in [0.1, 0.15) is 5.69 Å². The fraction of sp³-hybridized carbons (Fsp3) is 0.286. The van der Waals surface area contributed by atoms with E-state index in [0.717, 1.165) is 5.56 Å². The normalized spacial score (nSPS) is 9.36. The predicted molar refractivity (Wildman–Crippen MR) is 43.3 cm³/mol. The molecule has 4 heteroatoms. The maximum atomic E-state index is 5.23. The third-order valence-corrected chi connectivity index (χ3v) is 1.34. The van der Waals surface area contributed by atoms with Gasteiger partial charge in [-0.3, -0.25) is 5.84 Å². The van der Waals surface area contributed by atoms with Crippen LogP contribution in [0.3, 0.4) is 0 Å². The number of ether oxygens (including phenoxy) is 1. The molecule has 1 aromatic rings. The average molecular weight is 153 g/mol. The number of nitrogens with two attached hydrogens (primary N) is 1. The average Bonchev–Trinajstić information content (AvgIpc) is 2.04. The molecule has 0 fully saturated rings. The van der Waals surface area contributed by atoms with Crippen LogP contribution in [0.15, 0.2) is 12.3 Å². The van der Waals surface area contributed by atoms with Crippen LogP contribution in [0.5, 0.6) is 5.88 Å². The monoisotopic (exact) mass is 153 g/mol. The Bertz CT molecular complexity index is 249. The van der Waals surface area contributed by atoms with Crippen molar-refractivity contribution in [2.24, 2.45) is 5.84 Å². The number of nitrogen functional groups attached to an aromatic ring is 1. The smallest absolute Gasteiger partial charge is 0.238 e. The molecule has 3 N–H and O–H groups in total. The molecule has 60 valence electrons. The summed E-state index contributed by atoms with van der Waals surface area (Å²) in [5.74, 6) is 5.74. The lowest BCUT2D eigenvalue weighted by Crippen LogP contribution is -2.09. The number of hydrogen-bond donors (Lipinski definition) is 2. The molecule has 0 atom stereocenters. The number of methoxy groups -OCH3 is 1. The van der Waals surface area contributed by atoms with Gasteiger partial charge in [0, 0.05) is 6.20 Å². The molecule has 0 radical (unpaired) electrons. The zero-order valence-electron chi connectivity index (χ0n) is 6.59. The van der Waals surface area contributed by atoms with E-state index in [9.17, 15) is 0 Å². The second-order valence-electron chi connectivity index (χ2n) is 2.21. The van der Waals surface area contributed by atoms with Gasteiger partial charge in [-0.2, -0.15) is 0 Å². The molecule has 0 spiro atoms. The van der Waals surface area contributed by atoms with E-state index in [2.05, 4.69) is 10.4 Å². The molecule has 1 rings (SSSR count). The van der Waals surface area contributed by atoms with Gasteiger partial charge in [-0.1, -0.05) is 0 Å². The second kappa shape index (κ2) is 3.21. The van der Waals surface area contributed by atoms with Crippen molar-refractivity contribution in [2.45, 2.75) is 6.92 Å². The molecule has 0 aromatic carbocycles. The number of pyridine rings is 1. The predicted octanol–water partition coefficient (Wildman–Crippen LogP) is 0.684. The van der Waals surface area contributed by atoms with Crippen molar-refractivity contribution >= 4 is 5.69 Å². The van der Waals surface area contributed by atoms with Gasteiger partial charge in [-0.15, -0.1) is 0 Å². The molecule has 1 heterocycles. The minimum atomic E-state index is 0.512. The highest BCUT2D eigenvalue weighted by atomic mass is 16.5. The van der Waals surface area contributed by atoms with E-state index in [4.69, 9.17) is 10.6 Å². The summed E-state index contributed by atoms with van der Waals surface area (Å²) >= 11 is 0. The maximum Gasteiger partial charge on any atom is 0.238 e. The summed E-state index contributed by atoms with van der Waals surface area (Å²) in [4.78, 5) is 4.00. The third-order valence-electron chi connectivity index (χ3n) is 1.34. The standard InChI is InChI=1S/C7H11N3O/c1-5-3-6(10-8)7(11-2)9-4-5/h3-4,10H,8H2,1-2H3. The fourth-order valence-electron chi connectivity index (χ4n) is 0.823. The van der Waals surface area contributed by atoms with E-state index in [0.29, 0.717) is 11.6 Å². The van der Waals surface area contributed by atoms with Crippen LogP contribution in [0, 0.1) is 6.92 Å². The fourth-order valence-corrected chi connectivity index (χ4v) is 0.823. The van der Waals surface area contributed by atoms with Crippen molar-refractivity contribution in [1.82, 2.24) is 4.98 Å². The lowest BCUT2D eigenvalue weighted by molar-refractivity contribution is 0.399. The van der Waals surface area contributed by atoms with Crippen LogP contribution in [-0.4, -0.2) is 12.1 Å². The summed E-state index contributed by atoms with van der Waals surface area (Å²) in [6, 6.07) is 1.87. The van der Waals surface area contributed by atoms with Crippen LogP contribution in [-0.2, 0) is 0 Å². The lowest BCUT2D eigenvalue weighted by Gasteiger charge is -2.05. The molecule has 0 unspecified atom stereocenters. The van der Waals surface area contributed by atoms with Crippen molar-refractivity contribution in [3.63, 3.8) is 0 Å². The SMILES string of the molecule is COc1ncc(C)cc1NN. The largest absolute Gasteiger partial charge is 0.479 e. The molecule has 0 aliphatic heterocycles. The summed E-state index contributed by atoms with van der Waals surface area (Å²) < 4.78 is 4.94. The molecule has 0 saturated heterocycles. The first kappa shape index (κ1) is 7.81. The minimum Gasteiger partial charge on any atom is -0.479 e. The Morgan fingerprint density at radius 2 is 2.36 bits per heavy atom. The van der Waals surface area contributed by atoms with Gasteiger partial charge in [0.2, 0.25) is 5.88 Å². The van der Waals surface area contributed by atoms with Crippen molar-refractivity contribution in [3.8, 4) is 5.88 Å². The molecular formula is C7H11N3O. The Morgan fingerprint density at radius 3 is 2.91 bits per heavy atom. The van der Waals surface area contributed by atoms with Gasteiger partial charge >= 0.3 is 0 Å². The maximum absolute atomic E-state index is 5.23. The number of rotatable bonds is 2. The molecule has 0 aliphatic rings. The van der Waals surface area contributed by atoms with Crippen LogP contribution in [0.4, 0.5) is 5.69 Å². The molecule has 0 saturated carbocycles. The molecule has 4 nitrogen and oxygen atoms in total. The minimum absolute atomic E-state index is 0.512. The second-order valence-corrected chi connectivity index (χ2v) is 2.21. The summed E-state index contributed by atoms with van der Waals surface area (Å²) in [5, 5.41) is 0. The first-order chi connectivity index (χ1) is 5.27. The highest BCUT2D eigenvalue weighted by Crippen LogP contribution is 2.19. The van der Waals surface area contributed by atoms with Crippen LogP contribution in [0.25, 0.3) is 0 Å². The number of nitrogens with zero attached hydrogens (tertiary/aromatic N) is 1. The number of aromatic nitrogens is 1. The van der Waals surface area contributed by atoms with E-state index >= 15 is 0 Å². The summed E-state index contributed by atoms with van der Waals surface area (Å²) in [6.45, 7) is 1.94. The zero-order valence-corrected chi connectivity index (χ0v) is 6.59. The number of nitrogens with one attached hydrogen (secondary N) is 1. The number of aryl methyl sites for hydroxylation is 1. The van der Waals surface area contributed by atoms with Gasteiger partial charge in [-0.05, 0) is 18.6 Å². The number of anilines is 1. The summed E-state index contributed by atoms with van der Waals surface area (Å²) in [7, 11) is 1.55. The van der Waals surface area contributed by atoms with Crippen LogP contribution in [0.2, 0.25) is 0 Å². The molecule has 11 heavy (non-hydrogen) atoms. The van der Waals surface area contributed by atoms with Crippen LogP contribution in [0.1, 0.15) is 5.56 Å².